The number of hydrogen-bond acceptors (Lipinski definition) is 4. The topological polar surface area (TPSA) is 76.0 Å². The van der Waals surface area contributed by atoms with Crippen LogP contribution in [0.25, 0.3) is 11.0 Å². The lowest BCUT2D eigenvalue weighted by Crippen LogP contribution is -2.44. The summed E-state index contributed by atoms with van der Waals surface area (Å²) in [5, 5.41) is 5.48. The lowest BCUT2D eigenvalue weighted by Gasteiger charge is -2.20. The summed E-state index contributed by atoms with van der Waals surface area (Å²) in [6.07, 6.45) is 0. The number of imidazole rings is 1. The summed E-state index contributed by atoms with van der Waals surface area (Å²) in [4.78, 5) is 28.2. The number of amides is 2. The average Bonchev–Trinajstić information content (AvgIpc) is 3.10. The van der Waals surface area contributed by atoms with Crippen molar-refractivity contribution in [3.63, 3.8) is 0 Å². The number of thioether (sulfide) groups is 1. The molecule has 1 aromatic carbocycles. The molecule has 6 nitrogen and oxygen atoms in total. The molecule has 2 heterocycles. The van der Waals surface area contributed by atoms with Gasteiger partial charge in [0.05, 0.1) is 17.1 Å². The van der Waals surface area contributed by atoms with Gasteiger partial charge in [0.25, 0.3) is 5.24 Å². The molecule has 0 bridgehead atoms. The van der Waals surface area contributed by atoms with Crippen LogP contribution in [0, 0.1) is 0 Å². The molecule has 1 aliphatic heterocycles. The number of hydrogen-bond donors (Lipinski definition) is 2. The van der Waals surface area contributed by atoms with Crippen molar-refractivity contribution in [1.82, 2.24) is 20.2 Å². The lowest BCUT2D eigenvalue weighted by molar-refractivity contribution is -0.123. The minimum atomic E-state index is -0.466. The maximum absolute atomic E-state index is 12.3. The molecule has 2 atom stereocenters. The standard InChI is InChI=1S/C16H20N4O2S/c1-9(2)20-13-7-5-4-6-11(13)18-14(20)10(3)17-15(21)12-8-23-16(22)19-12/h4-7,9-10,12H,8H2,1-3H3,(H,17,21)(H,19,22)/t10-,12+/m0/s1. The van der Waals surface area contributed by atoms with Crippen molar-refractivity contribution in [3.05, 3.63) is 30.1 Å². The van der Waals surface area contributed by atoms with E-state index in [1.807, 2.05) is 31.2 Å². The monoisotopic (exact) mass is 332 g/mol. The largest absolute Gasteiger partial charge is 0.345 e. The summed E-state index contributed by atoms with van der Waals surface area (Å²) >= 11 is 1.14. The van der Waals surface area contributed by atoms with E-state index in [1.54, 1.807) is 0 Å². The van der Waals surface area contributed by atoms with E-state index in [0.29, 0.717) is 5.75 Å². The third-order valence-corrected chi connectivity index (χ3v) is 4.76. The molecule has 2 amide bonds. The molecule has 0 spiro atoms. The first kappa shape index (κ1) is 15.9. The molecule has 122 valence electrons. The van der Waals surface area contributed by atoms with Gasteiger partial charge in [-0.3, -0.25) is 9.59 Å². The van der Waals surface area contributed by atoms with Gasteiger partial charge < -0.3 is 15.2 Å². The number of nitrogens with one attached hydrogen (secondary N) is 2. The third kappa shape index (κ3) is 3.06. The predicted octanol–water partition coefficient (Wildman–Crippen LogP) is 2.62. The molecular formula is C16H20N4O2S. The molecule has 0 saturated carbocycles. The van der Waals surface area contributed by atoms with E-state index in [4.69, 9.17) is 0 Å². The summed E-state index contributed by atoms with van der Waals surface area (Å²) in [5.41, 5.74) is 1.98. The Bertz CT molecular complexity index is 756. The first-order valence-electron chi connectivity index (χ1n) is 7.68. The predicted molar refractivity (Wildman–Crippen MR) is 91.5 cm³/mol. The SMILES string of the molecule is CC(C)n1c([C@H](C)NC(=O)[C@H]2CSC(=O)N2)nc2ccccc21. The van der Waals surface area contributed by atoms with E-state index in [1.165, 1.54) is 0 Å². The minimum absolute atomic E-state index is 0.146. The maximum Gasteiger partial charge on any atom is 0.279 e. The number of aromatic nitrogens is 2. The Kier molecular flexibility index (Phi) is 4.30. The van der Waals surface area contributed by atoms with E-state index >= 15 is 0 Å². The third-order valence-electron chi connectivity index (χ3n) is 3.88. The molecule has 3 rings (SSSR count). The molecule has 23 heavy (non-hydrogen) atoms. The van der Waals surface area contributed by atoms with Crippen LogP contribution in [0.5, 0.6) is 0 Å². The number of carbonyl (C=O) groups excluding carboxylic acids is 2. The van der Waals surface area contributed by atoms with Crippen LogP contribution >= 0.6 is 11.8 Å². The van der Waals surface area contributed by atoms with Crippen molar-refractivity contribution < 1.29 is 9.59 Å². The average molecular weight is 332 g/mol. The highest BCUT2D eigenvalue weighted by Crippen LogP contribution is 2.25. The van der Waals surface area contributed by atoms with Gasteiger partial charge in [0.1, 0.15) is 11.9 Å². The van der Waals surface area contributed by atoms with Gasteiger partial charge in [-0.15, -0.1) is 0 Å². The van der Waals surface area contributed by atoms with Crippen LogP contribution in [0.1, 0.15) is 38.7 Å². The molecular weight excluding hydrogens is 312 g/mol. The second-order valence-corrected chi connectivity index (χ2v) is 6.94. The molecule has 1 saturated heterocycles. The van der Waals surface area contributed by atoms with Gasteiger partial charge in [-0.2, -0.15) is 0 Å². The number of benzene rings is 1. The summed E-state index contributed by atoms with van der Waals surface area (Å²) in [6.45, 7) is 6.11. The Hall–Kier alpha value is -2.02. The molecule has 2 N–H and O–H groups in total. The van der Waals surface area contributed by atoms with Crippen molar-refractivity contribution in [1.29, 1.82) is 0 Å². The molecule has 7 heteroatoms. The normalized spacial score (nSPS) is 19.1. The smallest absolute Gasteiger partial charge is 0.279 e. The first-order valence-corrected chi connectivity index (χ1v) is 8.66. The molecule has 0 aliphatic carbocycles. The van der Waals surface area contributed by atoms with Crippen molar-refractivity contribution >= 4 is 33.9 Å². The number of nitrogens with zero attached hydrogens (tertiary/aromatic N) is 2. The fourth-order valence-electron chi connectivity index (χ4n) is 2.82. The van der Waals surface area contributed by atoms with Crippen LogP contribution in [0.2, 0.25) is 0 Å². The second-order valence-electron chi connectivity index (χ2n) is 5.95. The Morgan fingerprint density at radius 1 is 1.39 bits per heavy atom. The van der Waals surface area contributed by atoms with Gasteiger partial charge in [-0.1, -0.05) is 23.9 Å². The van der Waals surface area contributed by atoms with Gasteiger partial charge in [-0.25, -0.2) is 4.98 Å². The second kappa shape index (κ2) is 6.23. The fourth-order valence-corrected chi connectivity index (χ4v) is 3.59. The highest BCUT2D eigenvalue weighted by atomic mass is 32.2. The van der Waals surface area contributed by atoms with E-state index in [0.717, 1.165) is 28.6 Å². The van der Waals surface area contributed by atoms with E-state index in [2.05, 4.69) is 34.0 Å². The molecule has 1 aliphatic rings. The Morgan fingerprint density at radius 2 is 2.13 bits per heavy atom. The zero-order chi connectivity index (χ0) is 16.6. The van der Waals surface area contributed by atoms with Gasteiger partial charge in [0.15, 0.2) is 0 Å². The number of rotatable bonds is 4. The van der Waals surface area contributed by atoms with Crippen LogP contribution in [-0.2, 0) is 4.79 Å². The van der Waals surface area contributed by atoms with E-state index < -0.39 is 6.04 Å². The van der Waals surface area contributed by atoms with Crippen LogP contribution in [0.15, 0.2) is 24.3 Å². The van der Waals surface area contributed by atoms with E-state index in [9.17, 15) is 9.59 Å². The molecule has 1 fully saturated rings. The van der Waals surface area contributed by atoms with Gasteiger partial charge in [-0.05, 0) is 32.9 Å². The van der Waals surface area contributed by atoms with Crippen molar-refractivity contribution in [3.8, 4) is 0 Å². The fraction of sp³-hybridized carbons (Fsp3) is 0.438. The first-order chi connectivity index (χ1) is 11.0. The van der Waals surface area contributed by atoms with Crippen molar-refractivity contribution in [2.24, 2.45) is 0 Å². The summed E-state index contributed by atoms with van der Waals surface area (Å²) < 4.78 is 2.14. The number of para-hydroxylation sites is 2. The highest BCUT2D eigenvalue weighted by Gasteiger charge is 2.30. The zero-order valence-electron chi connectivity index (χ0n) is 13.4. The molecule has 0 unspecified atom stereocenters. The number of carbonyl (C=O) groups is 2. The molecule has 2 aromatic rings. The summed E-state index contributed by atoms with van der Waals surface area (Å²) in [6, 6.07) is 7.48. The maximum atomic E-state index is 12.3. The highest BCUT2D eigenvalue weighted by molar-refractivity contribution is 8.14. The Labute approximate surface area is 139 Å². The van der Waals surface area contributed by atoms with Gasteiger partial charge in [0, 0.05) is 11.8 Å². The summed E-state index contributed by atoms with van der Waals surface area (Å²) in [7, 11) is 0. The van der Waals surface area contributed by atoms with Crippen molar-refractivity contribution in [2.75, 3.05) is 5.75 Å². The summed E-state index contributed by atoms with van der Waals surface area (Å²) in [5.74, 6) is 1.13. The van der Waals surface area contributed by atoms with Crippen molar-refractivity contribution in [2.45, 2.75) is 38.9 Å². The van der Waals surface area contributed by atoms with Crippen LogP contribution < -0.4 is 10.6 Å². The van der Waals surface area contributed by atoms with Crippen LogP contribution in [0.4, 0.5) is 4.79 Å². The Morgan fingerprint density at radius 3 is 2.78 bits per heavy atom. The molecule has 0 radical (unpaired) electrons. The van der Waals surface area contributed by atoms with Crippen LogP contribution in [0.3, 0.4) is 0 Å². The minimum Gasteiger partial charge on any atom is -0.345 e. The van der Waals surface area contributed by atoms with Crippen LogP contribution in [-0.4, -0.2) is 32.5 Å². The quantitative estimate of drug-likeness (QED) is 0.902. The zero-order valence-corrected chi connectivity index (χ0v) is 14.2. The van der Waals surface area contributed by atoms with E-state index in [-0.39, 0.29) is 23.2 Å². The molecule has 1 aromatic heterocycles. The van der Waals surface area contributed by atoms with Gasteiger partial charge in [0.2, 0.25) is 5.91 Å². The van der Waals surface area contributed by atoms with Gasteiger partial charge >= 0.3 is 0 Å². The lowest BCUT2D eigenvalue weighted by atomic mass is 10.2. The Balaban J connectivity index is 1.85. The number of fused-ring (bicyclic) bond motifs is 1.